The van der Waals surface area contributed by atoms with Gasteiger partial charge in [-0.15, -0.1) is 0 Å². The Morgan fingerprint density at radius 3 is 2.85 bits per heavy atom. The zero-order valence-electron chi connectivity index (χ0n) is 7.96. The number of ether oxygens (including phenoxy) is 1. The molecule has 1 N–H and O–H groups in total. The maximum atomic E-state index is 5.44. The minimum Gasteiger partial charge on any atom is -0.375 e. The standard InChI is InChI=1S/C9H14N2O2/c1-7-3-8(13-11-7)4-9(12-2)5-10-6-9/h3,10H,4-6H2,1-2H3. The van der Waals surface area contributed by atoms with Crippen molar-refractivity contribution in [3.05, 3.63) is 17.5 Å². The van der Waals surface area contributed by atoms with Crippen LogP contribution in [0.4, 0.5) is 0 Å². The Morgan fingerprint density at radius 2 is 2.46 bits per heavy atom. The van der Waals surface area contributed by atoms with Gasteiger partial charge in [-0.2, -0.15) is 0 Å². The van der Waals surface area contributed by atoms with Gasteiger partial charge in [0, 0.05) is 32.7 Å². The minimum absolute atomic E-state index is 0.0635. The van der Waals surface area contributed by atoms with Crippen molar-refractivity contribution >= 4 is 0 Å². The summed E-state index contributed by atoms with van der Waals surface area (Å²) in [4.78, 5) is 0. The molecule has 1 fully saturated rings. The molecule has 13 heavy (non-hydrogen) atoms. The Kier molecular flexibility index (Phi) is 2.09. The van der Waals surface area contributed by atoms with Crippen molar-refractivity contribution in [1.82, 2.24) is 10.5 Å². The first-order valence-electron chi connectivity index (χ1n) is 4.42. The van der Waals surface area contributed by atoms with Crippen molar-refractivity contribution < 1.29 is 9.26 Å². The van der Waals surface area contributed by atoms with E-state index < -0.39 is 0 Å². The van der Waals surface area contributed by atoms with Gasteiger partial charge < -0.3 is 14.6 Å². The fraction of sp³-hybridized carbons (Fsp3) is 0.667. The number of rotatable bonds is 3. The number of aromatic nitrogens is 1. The van der Waals surface area contributed by atoms with Crippen LogP contribution in [0.3, 0.4) is 0 Å². The van der Waals surface area contributed by atoms with Crippen molar-refractivity contribution in [1.29, 1.82) is 0 Å². The molecule has 0 spiro atoms. The maximum Gasteiger partial charge on any atom is 0.139 e. The summed E-state index contributed by atoms with van der Waals surface area (Å²) in [5.41, 5.74) is 0.861. The van der Waals surface area contributed by atoms with Crippen LogP contribution in [-0.4, -0.2) is 31.0 Å². The molecule has 1 saturated heterocycles. The third-order valence-electron chi connectivity index (χ3n) is 2.50. The average molecular weight is 182 g/mol. The highest BCUT2D eigenvalue weighted by molar-refractivity contribution is 5.10. The van der Waals surface area contributed by atoms with Gasteiger partial charge in [0.15, 0.2) is 0 Å². The fourth-order valence-corrected chi connectivity index (χ4v) is 1.56. The predicted molar refractivity (Wildman–Crippen MR) is 47.6 cm³/mol. The van der Waals surface area contributed by atoms with E-state index in [1.807, 2.05) is 13.0 Å². The van der Waals surface area contributed by atoms with Crippen LogP contribution in [0.15, 0.2) is 10.6 Å². The van der Waals surface area contributed by atoms with E-state index in [2.05, 4.69) is 10.5 Å². The van der Waals surface area contributed by atoms with Gasteiger partial charge >= 0.3 is 0 Å². The zero-order chi connectivity index (χ0) is 9.31. The summed E-state index contributed by atoms with van der Waals surface area (Å²) in [6, 6.07) is 1.96. The van der Waals surface area contributed by atoms with E-state index in [0.717, 1.165) is 31.0 Å². The van der Waals surface area contributed by atoms with Gasteiger partial charge in [0.05, 0.1) is 11.3 Å². The lowest BCUT2D eigenvalue weighted by atomic mass is 9.91. The Labute approximate surface area is 77.2 Å². The van der Waals surface area contributed by atoms with E-state index in [4.69, 9.17) is 9.26 Å². The van der Waals surface area contributed by atoms with Crippen molar-refractivity contribution in [3.63, 3.8) is 0 Å². The lowest BCUT2D eigenvalue weighted by Crippen LogP contribution is -2.61. The number of hydrogen-bond acceptors (Lipinski definition) is 4. The molecule has 4 heteroatoms. The third kappa shape index (κ3) is 1.59. The molecule has 72 valence electrons. The molecular formula is C9H14N2O2. The van der Waals surface area contributed by atoms with E-state index in [1.165, 1.54) is 0 Å². The summed E-state index contributed by atoms with van der Waals surface area (Å²) in [6.07, 6.45) is 0.803. The van der Waals surface area contributed by atoms with Crippen LogP contribution in [0, 0.1) is 6.92 Å². The zero-order valence-corrected chi connectivity index (χ0v) is 7.96. The molecule has 1 aromatic heterocycles. The molecule has 1 aliphatic rings. The first-order chi connectivity index (χ1) is 6.24. The first-order valence-corrected chi connectivity index (χ1v) is 4.42. The van der Waals surface area contributed by atoms with Gasteiger partial charge in [0.2, 0.25) is 0 Å². The highest BCUT2D eigenvalue weighted by atomic mass is 16.5. The quantitative estimate of drug-likeness (QED) is 0.740. The van der Waals surface area contributed by atoms with Gasteiger partial charge in [-0.1, -0.05) is 5.16 Å². The normalized spacial score (nSPS) is 19.8. The van der Waals surface area contributed by atoms with Gasteiger partial charge in [-0.05, 0) is 6.92 Å². The molecular weight excluding hydrogens is 168 g/mol. The van der Waals surface area contributed by atoms with Crippen molar-refractivity contribution in [2.75, 3.05) is 20.2 Å². The van der Waals surface area contributed by atoms with E-state index in [9.17, 15) is 0 Å². The summed E-state index contributed by atoms with van der Waals surface area (Å²) < 4.78 is 10.6. The number of nitrogens with one attached hydrogen (secondary N) is 1. The molecule has 0 atom stereocenters. The maximum absolute atomic E-state index is 5.44. The second kappa shape index (κ2) is 3.12. The highest BCUT2D eigenvalue weighted by Crippen LogP contribution is 2.21. The van der Waals surface area contributed by atoms with E-state index in [0.29, 0.717) is 0 Å². The fourth-order valence-electron chi connectivity index (χ4n) is 1.56. The summed E-state index contributed by atoms with van der Waals surface area (Å²) in [6.45, 7) is 3.71. The smallest absolute Gasteiger partial charge is 0.139 e. The van der Waals surface area contributed by atoms with Crippen LogP contribution >= 0.6 is 0 Å². The van der Waals surface area contributed by atoms with Crippen LogP contribution in [0.1, 0.15) is 11.5 Å². The molecule has 2 rings (SSSR count). The van der Waals surface area contributed by atoms with E-state index in [-0.39, 0.29) is 5.60 Å². The molecule has 0 bridgehead atoms. The Balaban J connectivity index is 2.04. The SMILES string of the molecule is COC1(Cc2cc(C)no2)CNC1. The summed E-state index contributed by atoms with van der Waals surface area (Å²) in [5.74, 6) is 0.904. The molecule has 0 amide bonds. The highest BCUT2D eigenvalue weighted by Gasteiger charge is 2.38. The molecule has 0 aliphatic carbocycles. The molecule has 1 aliphatic heterocycles. The molecule has 1 aromatic rings. The number of methoxy groups -OCH3 is 1. The first kappa shape index (κ1) is 8.72. The molecule has 0 radical (unpaired) electrons. The summed E-state index contributed by atoms with van der Waals surface area (Å²) >= 11 is 0. The van der Waals surface area contributed by atoms with Crippen molar-refractivity contribution in [2.24, 2.45) is 0 Å². The van der Waals surface area contributed by atoms with Crippen LogP contribution in [0.25, 0.3) is 0 Å². The topological polar surface area (TPSA) is 47.3 Å². The van der Waals surface area contributed by atoms with Crippen molar-refractivity contribution in [2.45, 2.75) is 18.9 Å². The van der Waals surface area contributed by atoms with Gasteiger partial charge in [-0.3, -0.25) is 0 Å². The third-order valence-corrected chi connectivity index (χ3v) is 2.50. The van der Waals surface area contributed by atoms with Crippen LogP contribution in [-0.2, 0) is 11.2 Å². The predicted octanol–water partition coefficient (Wildman–Crippen LogP) is 0.514. The number of nitrogens with zero attached hydrogens (tertiary/aromatic N) is 1. The summed E-state index contributed by atoms with van der Waals surface area (Å²) in [5, 5.41) is 7.04. The van der Waals surface area contributed by atoms with Gasteiger partial charge in [-0.25, -0.2) is 0 Å². The Bertz CT molecular complexity index is 286. The number of hydrogen-bond donors (Lipinski definition) is 1. The lowest BCUT2D eigenvalue weighted by molar-refractivity contribution is -0.0540. The Hall–Kier alpha value is -0.870. The van der Waals surface area contributed by atoms with Gasteiger partial charge in [0.25, 0.3) is 0 Å². The second-order valence-corrected chi connectivity index (χ2v) is 3.60. The molecule has 4 nitrogen and oxygen atoms in total. The van der Waals surface area contributed by atoms with Gasteiger partial charge in [0.1, 0.15) is 5.76 Å². The van der Waals surface area contributed by atoms with E-state index in [1.54, 1.807) is 7.11 Å². The van der Waals surface area contributed by atoms with Crippen LogP contribution < -0.4 is 5.32 Å². The average Bonchev–Trinajstić information content (AvgIpc) is 2.44. The van der Waals surface area contributed by atoms with E-state index >= 15 is 0 Å². The molecule has 0 unspecified atom stereocenters. The largest absolute Gasteiger partial charge is 0.375 e. The molecule has 2 heterocycles. The molecule has 0 aromatic carbocycles. The van der Waals surface area contributed by atoms with Crippen LogP contribution in [0.2, 0.25) is 0 Å². The Morgan fingerprint density at radius 1 is 1.69 bits per heavy atom. The lowest BCUT2D eigenvalue weighted by Gasteiger charge is -2.40. The second-order valence-electron chi connectivity index (χ2n) is 3.60. The van der Waals surface area contributed by atoms with Crippen molar-refractivity contribution in [3.8, 4) is 0 Å². The summed E-state index contributed by atoms with van der Waals surface area (Å²) in [7, 11) is 1.74. The number of aryl methyl sites for hydroxylation is 1. The minimum atomic E-state index is -0.0635. The monoisotopic (exact) mass is 182 g/mol. The molecule has 0 saturated carbocycles. The van der Waals surface area contributed by atoms with Crippen LogP contribution in [0.5, 0.6) is 0 Å².